The summed E-state index contributed by atoms with van der Waals surface area (Å²) in [5, 5.41) is -0.811. The van der Waals surface area contributed by atoms with Gasteiger partial charge in [0.05, 0.1) is 28.1 Å². The van der Waals surface area contributed by atoms with Gasteiger partial charge in [0.15, 0.2) is 0 Å². The Hall–Kier alpha value is -1.35. The summed E-state index contributed by atoms with van der Waals surface area (Å²) in [6, 6.07) is 3.38. The molecule has 1 aromatic carbocycles. The second-order valence-corrected chi connectivity index (χ2v) is 8.99. The maximum Gasteiger partial charge on any atom is 0.235 e. The van der Waals surface area contributed by atoms with E-state index in [0.29, 0.717) is 0 Å². The molecule has 9 heteroatoms. The Kier molecular flexibility index (Phi) is 3.92. The van der Waals surface area contributed by atoms with Gasteiger partial charge in [0.1, 0.15) is 15.7 Å². The molecule has 0 aliphatic carbocycles. The van der Waals surface area contributed by atoms with E-state index < -0.39 is 30.9 Å². The lowest BCUT2D eigenvalue weighted by atomic mass is 10.2. The van der Waals surface area contributed by atoms with Gasteiger partial charge in [-0.1, -0.05) is 0 Å². The minimum atomic E-state index is -3.79. The first-order valence-corrected chi connectivity index (χ1v) is 9.33. The van der Waals surface area contributed by atoms with E-state index in [0.717, 1.165) is 12.1 Å². The van der Waals surface area contributed by atoms with Crippen LogP contribution in [0.4, 0.5) is 15.8 Å². The van der Waals surface area contributed by atoms with Crippen LogP contribution < -0.4 is 10.5 Å². The van der Waals surface area contributed by atoms with Crippen molar-refractivity contribution >= 4 is 31.2 Å². The lowest BCUT2D eigenvalue weighted by Gasteiger charge is -2.23. The zero-order valence-corrected chi connectivity index (χ0v) is 12.2. The summed E-state index contributed by atoms with van der Waals surface area (Å²) in [5.74, 6) is -0.919. The Bertz CT molecular complexity index is 702. The van der Waals surface area contributed by atoms with Crippen molar-refractivity contribution in [1.29, 1.82) is 0 Å². The molecule has 1 fully saturated rings. The summed E-state index contributed by atoms with van der Waals surface area (Å²) >= 11 is 0. The van der Waals surface area contributed by atoms with E-state index in [-0.39, 0.29) is 35.7 Å². The third kappa shape index (κ3) is 3.40. The summed E-state index contributed by atoms with van der Waals surface area (Å²) < 4.78 is 62.2. The Morgan fingerprint density at radius 3 is 2.45 bits per heavy atom. The van der Waals surface area contributed by atoms with Gasteiger partial charge in [-0.05, 0) is 25.0 Å². The first kappa shape index (κ1) is 15.0. The molecule has 0 bridgehead atoms. The minimum absolute atomic E-state index is 0.0292. The molecule has 2 rings (SSSR count). The maximum absolute atomic E-state index is 13.1. The van der Waals surface area contributed by atoms with Gasteiger partial charge < -0.3 is 5.73 Å². The summed E-state index contributed by atoms with van der Waals surface area (Å²) in [4.78, 5) is 0. The molecule has 0 amide bonds. The van der Waals surface area contributed by atoms with Crippen LogP contribution in [0.15, 0.2) is 18.2 Å². The number of sulfonamides is 1. The molecule has 0 unspecified atom stereocenters. The number of nitrogen functional groups attached to an aromatic ring is 1. The second-order valence-electron chi connectivity index (χ2n) is 4.73. The van der Waals surface area contributed by atoms with E-state index in [1.54, 1.807) is 0 Å². The number of rotatable bonds is 3. The van der Waals surface area contributed by atoms with Crippen molar-refractivity contribution < 1.29 is 21.2 Å². The molecule has 20 heavy (non-hydrogen) atoms. The number of hydrogen-bond donors (Lipinski definition) is 2. The Labute approximate surface area is 117 Å². The van der Waals surface area contributed by atoms with Gasteiger partial charge in [-0.3, -0.25) is 4.72 Å². The average molecular weight is 322 g/mol. The van der Waals surface area contributed by atoms with Crippen molar-refractivity contribution in [2.75, 3.05) is 22.0 Å². The molecule has 1 saturated heterocycles. The van der Waals surface area contributed by atoms with E-state index in [4.69, 9.17) is 5.73 Å². The molecule has 0 atom stereocenters. The number of nitrogens with one attached hydrogen (secondary N) is 1. The van der Waals surface area contributed by atoms with Crippen LogP contribution in [-0.4, -0.2) is 33.6 Å². The second kappa shape index (κ2) is 5.21. The van der Waals surface area contributed by atoms with Gasteiger partial charge >= 0.3 is 0 Å². The van der Waals surface area contributed by atoms with Gasteiger partial charge in [-0.2, -0.15) is 0 Å². The summed E-state index contributed by atoms with van der Waals surface area (Å²) in [5.41, 5.74) is 5.66. The molecule has 112 valence electrons. The van der Waals surface area contributed by atoms with Crippen LogP contribution >= 0.6 is 0 Å². The molecule has 0 radical (unpaired) electrons. The first-order chi connectivity index (χ1) is 9.20. The Morgan fingerprint density at radius 1 is 1.25 bits per heavy atom. The van der Waals surface area contributed by atoms with Crippen LogP contribution in [0.5, 0.6) is 0 Å². The van der Waals surface area contributed by atoms with Crippen LogP contribution in [0, 0.1) is 5.82 Å². The van der Waals surface area contributed by atoms with Crippen LogP contribution in [0.1, 0.15) is 12.8 Å². The van der Waals surface area contributed by atoms with Crippen molar-refractivity contribution in [2.24, 2.45) is 0 Å². The van der Waals surface area contributed by atoms with E-state index in [1.165, 1.54) is 6.07 Å². The number of nitrogens with two attached hydrogens (primary N) is 1. The predicted octanol–water partition coefficient (Wildman–Crippen LogP) is 0.727. The quantitative estimate of drug-likeness (QED) is 0.798. The Balaban J connectivity index is 2.18. The molecule has 1 aliphatic rings. The van der Waals surface area contributed by atoms with Crippen LogP contribution in [-0.2, 0) is 19.9 Å². The molecular weight excluding hydrogens is 307 g/mol. The van der Waals surface area contributed by atoms with Crippen molar-refractivity contribution in [3.63, 3.8) is 0 Å². The fraction of sp³-hybridized carbons (Fsp3) is 0.455. The van der Waals surface area contributed by atoms with Crippen LogP contribution in [0.3, 0.4) is 0 Å². The van der Waals surface area contributed by atoms with Crippen LogP contribution in [0.2, 0.25) is 0 Å². The highest BCUT2D eigenvalue weighted by Gasteiger charge is 2.33. The van der Waals surface area contributed by atoms with Gasteiger partial charge in [-0.15, -0.1) is 0 Å². The van der Waals surface area contributed by atoms with Gasteiger partial charge in [0.25, 0.3) is 0 Å². The van der Waals surface area contributed by atoms with Crippen molar-refractivity contribution in [1.82, 2.24) is 0 Å². The minimum Gasteiger partial charge on any atom is -0.397 e. The molecule has 0 saturated carbocycles. The van der Waals surface area contributed by atoms with Gasteiger partial charge in [-0.25, -0.2) is 21.2 Å². The van der Waals surface area contributed by atoms with E-state index in [9.17, 15) is 21.2 Å². The van der Waals surface area contributed by atoms with E-state index >= 15 is 0 Å². The van der Waals surface area contributed by atoms with Crippen LogP contribution in [0.25, 0.3) is 0 Å². The Morgan fingerprint density at radius 2 is 1.85 bits per heavy atom. The maximum atomic E-state index is 13.1. The highest BCUT2D eigenvalue weighted by Crippen LogP contribution is 2.25. The number of anilines is 2. The van der Waals surface area contributed by atoms with Gasteiger partial charge in [0, 0.05) is 6.07 Å². The van der Waals surface area contributed by atoms with Crippen molar-refractivity contribution in [2.45, 2.75) is 18.1 Å². The molecule has 3 N–H and O–H groups in total. The summed E-state index contributed by atoms with van der Waals surface area (Å²) in [6.45, 7) is 0. The topological polar surface area (TPSA) is 106 Å². The first-order valence-electron chi connectivity index (χ1n) is 5.97. The zero-order chi connectivity index (χ0) is 15.0. The third-order valence-electron chi connectivity index (χ3n) is 3.21. The molecule has 0 aromatic heterocycles. The highest BCUT2D eigenvalue weighted by atomic mass is 32.2. The van der Waals surface area contributed by atoms with Crippen molar-refractivity contribution in [3.8, 4) is 0 Å². The number of sulfone groups is 1. The third-order valence-corrected chi connectivity index (χ3v) is 6.78. The average Bonchev–Trinajstić information content (AvgIpc) is 2.33. The fourth-order valence-corrected chi connectivity index (χ4v) is 5.33. The smallest absolute Gasteiger partial charge is 0.235 e. The molecule has 1 aromatic rings. The SMILES string of the molecule is Nc1ccc(F)cc1NS(=O)(=O)C1CCS(=O)(=O)CC1. The fourth-order valence-electron chi connectivity index (χ4n) is 2.03. The normalized spacial score (nSPS) is 19.6. The monoisotopic (exact) mass is 322 g/mol. The van der Waals surface area contributed by atoms with E-state index in [1.807, 2.05) is 0 Å². The number of halogens is 1. The largest absolute Gasteiger partial charge is 0.397 e. The van der Waals surface area contributed by atoms with E-state index in [2.05, 4.69) is 4.72 Å². The number of hydrogen-bond acceptors (Lipinski definition) is 5. The summed E-state index contributed by atoms with van der Waals surface area (Å²) in [7, 11) is -6.93. The molecule has 6 nitrogen and oxygen atoms in total. The summed E-state index contributed by atoms with van der Waals surface area (Å²) in [6.07, 6.45) is 0.0692. The van der Waals surface area contributed by atoms with Gasteiger partial charge in [0.2, 0.25) is 10.0 Å². The molecule has 1 aliphatic heterocycles. The molecule has 1 heterocycles. The predicted molar refractivity (Wildman–Crippen MR) is 75.0 cm³/mol. The standard InChI is InChI=1S/C11H15FN2O4S2/c12-8-1-2-10(13)11(7-8)14-20(17,18)9-3-5-19(15,16)6-4-9/h1-2,7,9,14H,3-6,13H2. The molecular formula is C11H15FN2O4S2. The zero-order valence-electron chi connectivity index (χ0n) is 10.5. The molecule has 0 spiro atoms. The van der Waals surface area contributed by atoms with Crippen molar-refractivity contribution in [3.05, 3.63) is 24.0 Å². The lowest BCUT2D eigenvalue weighted by Crippen LogP contribution is -2.36. The number of benzene rings is 1. The lowest BCUT2D eigenvalue weighted by molar-refractivity contribution is 0.555. The highest BCUT2D eigenvalue weighted by molar-refractivity contribution is 7.94.